The van der Waals surface area contributed by atoms with Gasteiger partial charge in [-0.1, -0.05) is 5.16 Å². The van der Waals surface area contributed by atoms with Crippen LogP contribution in [0.2, 0.25) is 0 Å². The summed E-state index contributed by atoms with van der Waals surface area (Å²) in [5, 5.41) is 7.09. The molecule has 1 aliphatic carbocycles. The monoisotopic (exact) mass is 323 g/mol. The molecule has 8 heteroatoms. The number of aromatic nitrogens is 2. The lowest BCUT2D eigenvalue weighted by Gasteiger charge is -2.07. The van der Waals surface area contributed by atoms with Gasteiger partial charge in [-0.25, -0.2) is 13.4 Å². The first-order chi connectivity index (χ1) is 10.3. The van der Waals surface area contributed by atoms with E-state index in [1.54, 1.807) is 13.0 Å². The van der Waals surface area contributed by atoms with Crippen LogP contribution in [0.15, 0.2) is 10.6 Å². The molecule has 1 fully saturated rings. The number of carbonyl (C=O) groups is 1. The lowest BCUT2D eigenvalue weighted by Crippen LogP contribution is -2.29. The van der Waals surface area contributed by atoms with Crippen LogP contribution in [0.5, 0.6) is 0 Å². The third-order valence-electron chi connectivity index (χ3n) is 3.64. The van der Waals surface area contributed by atoms with Crippen molar-refractivity contribution in [3.63, 3.8) is 0 Å². The Hall–Kier alpha value is -1.96. The van der Waals surface area contributed by atoms with Gasteiger partial charge in [-0.2, -0.15) is 0 Å². The number of fused-ring (bicyclic) bond motifs is 1. The smallest absolute Gasteiger partial charge is 0.259 e. The molecular formula is C14H17N3O4S. The van der Waals surface area contributed by atoms with Crippen LogP contribution >= 0.6 is 0 Å². The maximum Gasteiger partial charge on any atom is 0.259 e. The lowest BCUT2D eigenvalue weighted by molar-refractivity contribution is 0.0957. The summed E-state index contributed by atoms with van der Waals surface area (Å²) in [5.74, 6) is -0.0490. The molecule has 0 saturated heterocycles. The molecule has 118 valence electrons. The predicted molar refractivity (Wildman–Crippen MR) is 80.6 cm³/mol. The van der Waals surface area contributed by atoms with Gasteiger partial charge in [0.2, 0.25) is 0 Å². The normalized spacial score (nSPS) is 15.2. The number of rotatable bonds is 5. The molecule has 7 nitrogen and oxygen atoms in total. The molecule has 0 atom stereocenters. The molecule has 2 aromatic heterocycles. The van der Waals surface area contributed by atoms with Gasteiger partial charge in [-0.15, -0.1) is 0 Å². The van der Waals surface area contributed by atoms with Crippen LogP contribution in [0, 0.1) is 6.92 Å². The van der Waals surface area contributed by atoms with Gasteiger partial charge in [-0.3, -0.25) is 4.79 Å². The van der Waals surface area contributed by atoms with Crippen LogP contribution in [-0.2, 0) is 9.84 Å². The number of sulfone groups is 1. The summed E-state index contributed by atoms with van der Waals surface area (Å²) in [5.41, 5.74) is 2.23. The number of carbonyl (C=O) groups excluding carboxylic acids is 1. The second kappa shape index (κ2) is 5.35. The quantitative estimate of drug-likeness (QED) is 0.886. The number of hydrogen-bond donors (Lipinski definition) is 1. The van der Waals surface area contributed by atoms with E-state index in [-0.39, 0.29) is 18.2 Å². The maximum atomic E-state index is 12.4. The van der Waals surface area contributed by atoms with E-state index in [1.165, 1.54) is 0 Å². The second-order valence-corrected chi connectivity index (χ2v) is 7.96. The molecule has 1 saturated carbocycles. The van der Waals surface area contributed by atoms with Crippen LogP contribution in [0.3, 0.4) is 0 Å². The Bertz CT molecular complexity index is 837. The van der Waals surface area contributed by atoms with Gasteiger partial charge in [0.05, 0.1) is 22.4 Å². The lowest BCUT2D eigenvalue weighted by atomic mass is 10.1. The van der Waals surface area contributed by atoms with Gasteiger partial charge in [0.1, 0.15) is 9.84 Å². The van der Waals surface area contributed by atoms with Crippen LogP contribution in [0.25, 0.3) is 11.1 Å². The number of amides is 1. The summed E-state index contributed by atoms with van der Waals surface area (Å²) in [6.45, 7) is 1.82. The first-order valence-electron chi connectivity index (χ1n) is 7.08. The van der Waals surface area contributed by atoms with E-state index in [1.807, 2.05) is 0 Å². The standard InChI is InChI=1S/C14H17N3O4S/c1-8-12-10(13(18)15-5-6-22(2,19)20)7-11(9-3-4-9)16-14(12)21-17-8/h7,9H,3-6H2,1-2H3,(H,15,18). The molecule has 1 N–H and O–H groups in total. The summed E-state index contributed by atoms with van der Waals surface area (Å²) in [6, 6.07) is 1.76. The summed E-state index contributed by atoms with van der Waals surface area (Å²) in [6.07, 6.45) is 3.25. The van der Waals surface area contributed by atoms with Crippen molar-refractivity contribution in [3.8, 4) is 0 Å². The number of pyridine rings is 1. The zero-order valence-electron chi connectivity index (χ0n) is 12.4. The molecule has 0 aromatic carbocycles. The van der Waals surface area contributed by atoms with Gasteiger partial charge < -0.3 is 9.84 Å². The maximum absolute atomic E-state index is 12.4. The summed E-state index contributed by atoms with van der Waals surface area (Å²) < 4.78 is 27.5. The van der Waals surface area contributed by atoms with Gasteiger partial charge >= 0.3 is 0 Å². The van der Waals surface area contributed by atoms with Crippen molar-refractivity contribution < 1.29 is 17.7 Å². The van der Waals surface area contributed by atoms with Crippen LogP contribution < -0.4 is 5.32 Å². The number of hydrogen-bond acceptors (Lipinski definition) is 6. The summed E-state index contributed by atoms with van der Waals surface area (Å²) in [7, 11) is -3.11. The minimum atomic E-state index is -3.11. The third-order valence-corrected chi connectivity index (χ3v) is 4.58. The van der Waals surface area contributed by atoms with Gasteiger partial charge in [0.25, 0.3) is 11.6 Å². The highest BCUT2D eigenvalue weighted by Crippen LogP contribution is 2.40. The van der Waals surface area contributed by atoms with Crippen molar-refractivity contribution in [1.82, 2.24) is 15.5 Å². The third kappa shape index (κ3) is 3.11. The van der Waals surface area contributed by atoms with Crippen molar-refractivity contribution in [3.05, 3.63) is 23.0 Å². The molecule has 1 aliphatic rings. The molecule has 2 heterocycles. The second-order valence-electron chi connectivity index (χ2n) is 5.70. The molecular weight excluding hydrogens is 306 g/mol. The first-order valence-corrected chi connectivity index (χ1v) is 9.14. The Balaban J connectivity index is 1.90. The highest BCUT2D eigenvalue weighted by molar-refractivity contribution is 7.90. The fraction of sp³-hybridized carbons (Fsp3) is 0.500. The topological polar surface area (TPSA) is 102 Å². The Morgan fingerprint density at radius 1 is 1.45 bits per heavy atom. The van der Waals surface area contributed by atoms with Crippen LogP contribution in [0.1, 0.15) is 40.5 Å². The van der Waals surface area contributed by atoms with E-state index in [0.29, 0.717) is 28.3 Å². The Morgan fingerprint density at radius 2 is 2.18 bits per heavy atom. The molecule has 1 amide bonds. The molecule has 0 radical (unpaired) electrons. The fourth-order valence-electron chi connectivity index (χ4n) is 2.33. The molecule has 0 spiro atoms. The van der Waals surface area contributed by atoms with Gasteiger partial charge in [-0.05, 0) is 25.8 Å². The average Bonchev–Trinajstić information content (AvgIpc) is 3.21. The molecule has 22 heavy (non-hydrogen) atoms. The molecule has 2 aromatic rings. The minimum absolute atomic E-state index is 0.0740. The van der Waals surface area contributed by atoms with Crippen LogP contribution in [0.4, 0.5) is 0 Å². The van der Waals surface area contributed by atoms with Crippen molar-refractivity contribution in [2.24, 2.45) is 0 Å². The van der Waals surface area contributed by atoms with Crippen LogP contribution in [-0.4, -0.2) is 43.0 Å². The summed E-state index contributed by atoms with van der Waals surface area (Å²) >= 11 is 0. The van der Waals surface area contributed by atoms with Crippen molar-refractivity contribution in [2.45, 2.75) is 25.7 Å². The van der Waals surface area contributed by atoms with Crippen molar-refractivity contribution in [2.75, 3.05) is 18.6 Å². The van der Waals surface area contributed by atoms with E-state index >= 15 is 0 Å². The highest BCUT2D eigenvalue weighted by atomic mass is 32.2. The largest absolute Gasteiger partial charge is 0.351 e. The molecule has 3 rings (SSSR count). The van der Waals surface area contributed by atoms with E-state index in [9.17, 15) is 13.2 Å². The number of nitrogens with zero attached hydrogens (tertiary/aromatic N) is 2. The molecule has 0 aliphatic heterocycles. The Kier molecular flexibility index (Phi) is 3.64. The van der Waals surface area contributed by atoms with E-state index in [4.69, 9.17) is 4.52 Å². The van der Waals surface area contributed by atoms with E-state index < -0.39 is 9.84 Å². The van der Waals surface area contributed by atoms with Gasteiger partial charge in [0, 0.05) is 24.4 Å². The average molecular weight is 323 g/mol. The minimum Gasteiger partial charge on any atom is -0.351 e. The highest BCUT2D eigenvalue weighted by Gasteiger charge is 2.28. The predicted octanol–water partition coefficient (Wildman–Crippen LogP) is 1.18. The zero-order valence-corrected chi connectivity index (χ0v) is 13.2. The number of nitrogens with one attached hydrogen (secondary N) is 1. The zero-order chi connectivity index (χ0) is 15.9. The Morgan fingerprint density at radius 3 is 2.82 bits per heavy atom. The van der Waals surface area contributed by atoms with E-state index in [2.05, 4.69) is 15.5 Å². The fourth-order valence-corrected chi connectivity index (χ4v) is 2.80. The van der Waals surface area contributed by atoms with E-state index in [0.717, 1.165) is 24.8 Å². The summed E-state index contributed by atoms with van der Waals surface area (Å²) in [4.78, 5) is 16.8. The van der Waals surface area contributed by atoms with Crippen molar-refractivity contribution >= 4 is 26.8 Å². The molecule has 0 bridgehead atoms. The van der Waals surface area contributed by atoms with Crippen molar-refractivity contribution in [1.29, 1.82) is 0 Å². The molecule has 0 unspecified atom stereocenters. The number of aryl methyl sites for hydroxylation is 1. The first kappa shape index (κ1) is 15.0. The SMILES string of the molecule is Cc1noc2nc(C3CC3)cc(C(=O)NCCS(C)(=O)=O)c12. The van der Waals surface area contributed by atoms with Gasteiger partial charge in [0.15, 0.2) is 0 Å². The Labute approximate surface area is 128 Å².